The highest BCUT2D eigenvalue weighted by Crippen LogP contribution is 2.38. The van der Waals surface area contributed by atoms with E-state index in [4.69, 9.17) is 17.3 Å². The summed E-state index contributed by atoms with van der Waals surface area (Å²) in [5, 5.41) is -0.655. The largest absolute Gasteiger partial charge is 0.462 e. The molecule has 0 aliphatic heterocycles. The fraction of sp³-hybridized carbons (Fsp3) is 0.417. The first-order chi connectivity index (χ1) is 9.51. The molecule has 0 amide bonds. The number of rotatable bonds is 4. The summed E-state index contributed by atoms with van der Waals surface area (Å²) in [5.74, 6) is -6.06. The zero-order valence-corrected chi connectivity index (χ0v) is 12.7. The molecule has 10 heteroatoms. The molecule has 0 radical (unpaired) electrons. The molecule has 126 valence electrons. The van der Waals surface area contributed by atoms with Gasteiger partial charge in [0.15, 0.2) is 0 Å². The number of alkyl halides is 5. The van der Waals surface area contributed by atoms with Crippen LogP contribution in [-0.2, 0) is 15.7 Å². The minimum Gasteiger partial charge on any atom is -0.462 e. The first-order valence-corrected chi connectivity index (χ1v) is 6.06. The van der Waals surface area contributed by atoms with Crippen molar-refractivity contribution in [3.05, 3.63) is 34.3 Å². The molecule has 1 atom stereocenters. The molecule has 1 aromatic carbocycles. The van der Waals surface area contributed by atoms with Crippen LogP contribution in [0.25, 0.3) is 0 Å². The average Bonchev–Trinajstić information content (AvgIpc) is 2.37. The lowest BCUT2D eigenvalue weighted by Crippen LogP contribution is -2.41. The maximum Gasteiger partial charge on any atom is 0.417 e. The summed E-state index contributed by atoms with van der Waals surface area (Å²) < 4.78 is 69.5. The molecular formula is C12H12Cl2F5NO2. The Bertz CT molecular complexity index is 537. The van der Waals surface area contributed by atoms with Crippen LogP contribution < -0.4 is 5.73 Å². The first kappa shape index (κ1) is 20.9. The molecule has 0 aliphatic rings. The van der Waals surface area contributed by atoms with Gasteiger partial charge in [0.2, 0.25) is 0 Å². The highest BCUT2D eigenvalue weighted by molar-refractivity contribution is 6.31. The molecule has 0 heterocycles. The third-order valence-corrected chi connectivity index (χ3v) is 2.92. The fourth-order valence-electron chi connectivity index (χ4n) is 1.52. The quantitative estimate of drug-likeness (QED) is 0.646. The second kappa shape index (κ2) is 7.43. The Kier molecular flexibility index (Phi) is 7.05. The van der Waals surface area contributed by atoms with Crippen LogP contribution in [0.4, 0.5) is 22.0 Å². The average molecular weight is 368 g/mol. The van der Waals surface area contributed by atoms with Gasteiger partial charge in [0.25, 0.3) is 0 Å². The van der Waals surface area contributed by atoms with Gasteiger partial charge in [-0.2, -0.15) is 22.0 Å². The number of benzene rings is 1. The van der Waals surface area contributed by atoms with E-state index in [0.29, 0.717) is 6.07 Å². The van der Waals surface area contributed by atoms with Gasteiger partial charge in [-0.05, 0) is 24.6 Å². The van der Waals surface area contributed by atoms with Gasteiger partial charge in [0, 0.05) is 0 Å². The smallest absolute Gasteiger partial charge is 0.417 e. The first-order valence-electron chi connectivity index (χ1n) is 5.69. The number of ether oxygens (including phenoxy) is 1. The maximum atomic E-state index is 13.7. The Balaban J connectivity index is 0.00000441. The van der Waals surface area contributed by atoms with Gasteiger partial charge < -0.3 is 10.5 Å². The molecule has 0 bridgehead atoms. The van der Waals surface area contributed by atoms with E-state index in [1.165, 1.54) is 6.92 Å². The zero-order valence-electron chi connectivity index (χ0n) is 11.1. The predicted octanol–water partition coefficient (Wildman–Crippen LogP) is 3.98. The van der Waals surface area contributed by atoms with Gasteiger partial charge in [-0.3, -0.25) is 0 Å². The molecule has 0 aromatic heterocycles. The maximum absolute atomic E-state index is 13.7. The van der Waals surface area contributed by atoms with E-state index in [9.17, 15) is 26.7 Å². The SMILES string of the molecule is CCOC(=O)C(F)(F)[C@H](N)c1ccc(Cl)c(C(F)(F)F)c1.Cl. The van der Waals surface area contributed by atoms with E-state index in [1.807, 2.05) is 0 Å². The summed E-state index contributed by atoms with van der Waals surface area (Å²) >= 11 is 5.37. The minimum atomic E-state index is -4.83. The fourth-order valence-corrected chi connectivity index (χ4v) is 1.74. The lowest BCUT2D eigenvalue weighted by Gasteiger charge is -2.22. The van der Waals surface area contributed by atoms with Gasteiger partial charge in [-0.15, -0.1) is 12.4 Å². The molecule has 0 saturated carbocycles. The Morgan fingerprint density at radius 2 is 1.86 bits per heavy atom. The van der Waals surface area contributed by atoms with Crippen molar-refractivity contribution in [1.29, 1.82) is 0 Å². The summed E-state index contributed by atoms with van der Waals surface area (Å²) in [5.41, 5.74) is 3.32. The van der Waals surface area contributed by atoms with Crippen LogP contribution in [-0.4, -0.2) is 18.5 Å². The molecule has 0 saturated heterocycles. The summed E-state index contributed by atoms with van der Waals surface area (Å²) in [6, 6.07) is -0.203. The Morgan fingerprint density at radius 3 is 2.32 bits per heavy atom. The number of hydrogen-bond acceptors (Lipinski definition) is 3. The highest BCUT2D eigenvalue weighted by atomic mass is 35.5. The van der Waals surface area contributed by atoms with Crippen molar-refractivity contribution in [2.45, 2.75) is 25.1 Å². The van der Waals surface area contributed by atoms with Crippen LogP contribution in [0.2, 0.25) is 5.02 Å². The van der Waals surface area contributed by atoms with E-state index >= 15 is 0 Å². The number of hydrogen-bond donors (Lipinski definition) is 1. The number of carbonyl (C=O) groups is 1. The van der Waals surface area contributed by atoms with Gasteiger partial charge in [-0.1, -0.05) is 17.7 Å². The standard InChI is InChI=1S/C12H11ClF5NO2.ClH/c1-2-21-10(20)11(14,15)9(19)6-3-4-8(13)7(5-6)12(16,17)18;/h3-5,9H,2,19H2,1H3;1H/t9-;/m1./s1. The molecule has 1 aromatic rings. The molecule has 22 heavy (non-hydrogen) atoms. The van der Waals surface area contributed by atoms with E-state index in [0.717, 1.165) is 12.1 Å². The van der Waals surface area contributed by atoms with E-state index in [1.54, 1.807) is 0 Å². The minimum absolute atomic E-state index is 0. The number of esters is 1. The summed E-state index contributed by atoms with van der Waals surface area (Å²) in [6.07, 6.45) is -4.83. The van der Waals surface area contributed by atoms with Crippen molar-refractivity contribution >= 4 is 30.0 Å². The van der Waals surface area contributed by atoms with E-state index in [2.05, 4.69) is 4.74 Å². The van der Waals surface area contributed by atoms with Gasteiger partial charge in [0.1, 0.15) is 6.04 Å². The third-order valence-electron chi connectivity index (χ3n) is 2.59. The summed E-state index contributed by atoms with van der Waals surface area (Å²) in [4.78, 5) is 11.1. The molecule has 2 N–H and O–H groups in total. The van der Waals surface area contributed by atoms with Crippen LogP contribution in [0.3, 0.4) is 0 Å². The van der Waals surface area contributed by atoms with Gasteiger partial charge in [0.05, 0.1) is 17.2 Å². The Morgan fingerprint density at radius 1 is 1.32 bits per heavy atom. The van der Waals surface area contributed by atoms with Crippen LogP contribution >= 0.6 is 24.0 Å². The molecule has 0 aliphatic carbocycles. The number of carbonyl (C=O) groups excluding carboxylic acids is 1. The molecule has 3 nitrogen and oxygen atoms in total. The normalized spacial score (nSPS) is 13.3. The number of nitrogens with two attached hydrogens (primary N) is 1. The molecule has 0 fully saturated rings. The highest BCUT2D eigenvalue weighted by Gasteiger charge is 2.48. The third kappa shape index (κ3) is 4.44. The lowest BCUT2D eigenvalue weighted by molar-refractivity contribution is -0.174. The number of halogens is 7. The van der Waals surface area contributed by atoms with Crippen molar-refractivity contribution in [2.24, 2.45) is 5.73 Å². The zero-order chi connectivity index (χ0) is 16.4. The topological polar surface area (TPSA) is 52.3 Å². The predicted molar refractivity (Wildman–Crippen MR) is 72.2 cm³/mol. The van der Waals surface area contributed by atoms with Crippen molar-refractivity contribution in [2.75, 3.05) is 6.61 Å². The Labute approximate surface area is 134 Å². The van der Waals surface area contributed by atoms with Crippen LogP contribution in [0.5, 0.6) is 0 Å². The summed E-state index contributed by atoms with van der Waals surface area (Å²) in [6.45, 7) is 0.999. The summed E-state index contributed by atoms with van der Waals surface area (Å²) in [7, 11) is 0. The van der Waals surface area contributed by atoms with Crippen molar-refractivity contribution in [3.63, 3.8) is 0 Å². The monoisotopic (exact) mass is 367 g/mol. The molecular weight excluding hydrogens is 356 g/mol. The van der Waals surface area contributed by atoms with E-state index < -0.39 is 40.3 Å². The molecule has 0 unspecified atom stereocenters. The molecule has 1 rings (SSSR count). The van der Waals surface area contributed by atoms with Gasteiger partial charge >= 0.3 is 18.1 Å². The lowest BCUT2D eigenvalue weighted by atomic mass is 9.99. The second-order valence-electron chi connectivity index (χ2n) is 4.06. The van der Waals surface area contributed by atoms with Crippen molar-refractivity contribution < 1.29 is 31.5 Å². The van der Waals surface area contributed by atoms with Gasteiger partial charge in [-0.25, -0.2) is 4.79 Å². The van der Waals surface area contributed by atoms with Crippen molar-refractivity contribution in [1.82, 2.24) is 0 Å². The van der Waals surface area contributed by atoms with Crippen molar-refractivity contribution in [3.8, 4) is 0 Å². The van der Waals surface area contributed by atoms with Crippen LogP contribution in [0.1, 0.15) is 24.1 Å². The van der Waals surface area contributed by atoms with Crippen LogP contribution in [0.15, 0.2) is 18.2 Å². The Hall–Kier alpha value is -1.12. The molecule has 0 spiro atoms. The van der Waals surface area contributed by atoms with E-state index in [-0.39, 0.29) is 19.0 Å². The van der Waals surface area contributed by atoms with Crippen LogP contribution in [0, 0.1) is 0 Å². The second-order valence-corrected chi connectivity index (χ2v) is 4.47.